The predicted octanol–water partition coefficient (Wildman–Crippen LogP) is 13.0. The molecule has 3 saturated carbocycles. The zero-order valence-electron chi connectivity index (χ0n) is 78.7. The SMILES string of the molecule is CC(C)(C)[C@H](C1CC(c2cc(F)ccc2F)CC1Cc1ccccc1)N(CC1CNCC1CN1C(=O)C=CC1=O)C(=O)CO.CC(C)(C)[C@H](C1CC(c2cc(F)ccc2F)CC1Cc1ccccc1)N(CC[C@H](N)C(=O)CCCN1C(=O)C=CC1=O)C(=O)CO.CC(C)(C)[C@H](C1CC(c2cc(F)ccc2F)CC1Cc1ccccc1)N(CC[C@H](N)C(=O)CCN1C(=O)C=CC1=O)C(=O)CO. The van der Waals surface area contributed by atoms with Gasteiger partial charge in [-0.05, 0) is 246 Å². The molecule has 0 radical (unpaired) electrons. The largest absolute Gasteiger partial charge is 0.387 e. The van der Waals surface area contributed by atoms with Crippen LogP contribution >= 0.6 is 0 Å². The number of hydrogen-bond donors (Lipinski definition) is 6. The number of hydrogen-bond acceptors (Lipinski definition) is 17. The third-order valence-corrected chi connectivity index (χ3v) is 28.3. The summed E-state index contributed by atoms with van der Waals surface area (Å²) in [6, 6.07) is 37.6. The van der Waals surface area contributed by atoms with Crippen LogP contribution in [0.15, 0.2) is 182 Å². The average molecular weight is 1870 g/mol. The van der Waals surface area contributed by atoms with E-state index in [1.54, 1.807) is 9.80 Å². The maximum absolute atomic E-state index is 15.1. The zero-order valence-corrected chi connectivity index (χ0v) is 78.7. The van der Waals surface area contributed by atoms with Crippen molar-refractivity contribution < 1.29 is 94.4 Å². The first-order valence-corrected chi connectivity index (χ1v) is 47.1. The molecule has 4 aliphatic heterocycles. The maximum Gasteiger partial charge on any atom is 0.253 e. The van der Waals surface area contributed by atoms with E-state index in [9.17, 15) is 81.2 Å². The van der Waals surface area contributed by atoms with Crippen molar-refractivity contribution in [3.8, 4) is 0 Å². The van der Waals surface area contributed by atoms with Crippen molar-refractivity contribution in [1.29, 1.82) is 0 Å². The first-order chi connectivity index (χ1) is 64.0. The standard InChI is InChI=1S/C36H45F2N3O5.C35H43F2N3O5.C35H43F2N3O4/c1-36(2,3)35(41(34(46)22-42)17-15-30(39)31(43)10-7-16-40-32(44)13-14-33(40)45)28-20-25(27-21-26(37)11-12-29(27)38)19-24(28)18-23-8-5-4-6-9-23;1-35(2,3)34(40(33(45)21-41)15-13-29(38)30(42)14-16-39-31(43)11-12-32(39)44)27-19-24(26-20-25(36)9-10-28(26)37)18-23(27)17-22-7-5-4-6-8-22;1-35(2,3)34(40(33(44)21-41)20-26-18-38-17-25(26)19-39-31(42)11-12-32(39)43)29-15-24(28-16-27(36)9-10-30(28)37)14-23(29)13-22-7-5-4-6-8-22/h4-6,8-9,11-14,21,24-25,28,30,35,42H,7,10,15-20,22,39H2,1-3H3;4-12,20,23-24,27,29,34,41H,13-19,21,38H2,1-3H3;4-12,16,23-26,29,34,38,41H,13-15,17-21H2,1-3H3/t24?,25?,28?,30-,35-;23?,24?,27?,29-,34-;23?,24?,25?,26?,29?,34-/m000/s1. The van der Waals surface area contributed by atoms with E-state index in [1.807, 2.05) is 125 Å². The lowest BCUT2D eigenvalue weighted by Gasteiger charge is -2.47. The number of aliphatic hydroxyl groups is 3. The summed E-state index contributed by atoms with van der Waals surface area (Å²) < 4.78 is 88.0. The Balaban J connectivity index is 0.000000195. The second-order valence-corrected chi connectivity index (χ2v) is 40.7. The summed E-state index contributed by atoms with van der Waals surface area (Å²) in [6.45, 7) is 18.3. The molecule has 0 spiro atoms. The summed E-state index contributed by atoms with van der Waals surface area (Å²) in [4.78, 5) is 146. The average Bonchev–Trinajstić information content (AvgIpc) is 1.77. The molecule has 11 unspecified atom stereocenters. The molecule has 0 bridgehead atoms. The van der Waals surface area contributed by atoms with E-state index in [1.165, 1.54) is 53.5 Å². The topological polar surface area (TPSA) is 332 Å². The van der Waals surface area contributed by atoms with Gasteiger partial charge in [0.25, 0.3) is 35.4 Å². The van der Waals surface area contributed by atoms with Crippen molar-refractivity contribution in [3.63, 3.8) is 0 Å². The van der Waals surface area contributed by atoms with Crippen molar-refractivity contribution in [3.05, 3.63) is 250 Å². The molecule has 0 aromatic heterocycles. The monoisotopic (exact) mass is 1870 g/mol. The molecule has 8 N–H and O–H groups in total. The summed E-state index contributed by atoms with van der Waals surface area (Å²) in [7, 11) is 0. The van der Waals surface area contributed by atoms with Crippen LogP contribution < -0.4 is 16.8 Å². The van der Waals surface area contributed by atoms with E-state index in [0.29, 0.717) is 87.7 Å². The van der Waals surface area contributed by atoms with Crippen LogP contribution in [0.2, 0.25) is 0 Å². The number of Topliss-reactive ketones (excluding diaryl/α,β-unsaturated/α-hetero) is 2. The molecule has 4 heterocycles. The summed E-state index contributed by atoms with van der Waals surface area (Å²) in [5, 5.41) is 33.7. The van der Waals surface area contributed by atoms with E-state index in [-0.39, 0.29) is 165 Å². The highest BCUT2D eigenvalue weighted by Crippen LogP contribution is 2.55. The Labute approximate surface area is 787 Å². The number of amides is 9. The minimum absolute atomic E-state index is 0.0118. The van der Waals surface area contributed by atoms with Crippen molar-refractivity contribution in [2.75, 3.05) is 72.2 Å². The molecule has 135 heavy (non-hydrogen) atoms. The Morgan fingerprint density at radius 2 is 0.696 bits per heavy atom. The number of imide groups is 3. The van der Waals surface area contributed by atoms with Crippen molar-refractivity contribution in [1.82, 2.24) is 34.7 Å². The van der Waals surface area contributed by atoms with Crippen molar-refractivity contribution in [2.45, 2.75) is 200 Å². The Bertz CT molecular complexity index is 5220. The van der Waals surface area contributed by atoms with Gasteiger partial charge in [-0.1, -0.05) is 153 Å². The number of nitrogens with zero attached hydrogens (tertiary/aromatic N) is 6. The molecule has 3 aliphatic carbocycles. The van der Waals surface area contributed by atoms with E-state index >= 15 is 13.2 Å². The van der Waals surface area contributed by atoms with Gasteiger partial charge in [0, 0.05) is 120 Å². The minimum atomic E-state index is -0.960. The summed E-state index contributed by atoms with van der Waals surface area (Å²) in [6.07, 6.45) is 13.3. The number of rotatable bonds is 37. The van der Waals surface area contributed by atoms with Gasteiger partial charge >= 0.3 is 0 Å². The molecule has 726 valence electrons. The Hall–Kier alpha value is -11.0. The number of carbonyl (C=O) groups excluding carboxylic acids is 11. The molecule has 1 saturated heterocycles. The maximum atomic E-state index is 15.1. The summed E-state index contributed by atoms with van der Waals surface area (Å²) in [5.74, 6) is -8.34. The van der Waals surface area contributed by atoms with Gasteiger partial charge in [0.1, 0.15) is 60.5 Å². The molecule has 7 aliphatic rings. The van der Waals surface area contributed by atoms with Gasteiger partial charge in [0.2, 0.25) is 17.7 Å². The highest BCUT2D eigenvalue weighted by molar-refractivity contribution is 6.14. The predicted molar refractivity (Wildman–Crippen MR) is 499 cm³/mol. The molecule has 29 heteroatoms. The van der Waals surface area contributed by atoms with Gasteiger partial charge in [0.15, 0.2) is 5.78 Å². The van der Waals surface area contributed by atoms with E-state index in [0.717, 1.165) is 75.4 Å². The van der Waals surface area contributed by atoms with Crippen LogP contribution in [-0.2, 0) is 72.0 Å². The Morgan fingerprint density at radius 3 is 1.03 bits per heavy atom. The van der Waals surface area contributed by atoms with E-state index in [2.05, 4.69) is 38.2 Å². The first kappa shape index (κ1) is 105. The lowest BCUT2D eigenvalue weighted by atomic mass is 9.72. The van der Waals surface area contributed by atoms with Crippen LogP contribution in [0.3, 0.4) is 0 Å². The molecule has 23 nitrogen and oxygen atoms in total. The smallest absolute Gasteiger partial charge is 0.253 e. The van der Waals surface area contributed by atoms with Gasteiger partial charge in [-0.15, -0.1) is 0 Å². The van der Waals surface area contributed by atoms with Gasteiger partial charge in [0.05, 0.1) is 12.1 Å². The van der Waals surface area contributed by atoms with E-state index < -0.39 is 131 Å². The van der Waals surface area contributed by atoms with Crippen LogP contribution in [-0.4, -0.2) is 212 Å². The lowest BCUT2D eigenvalue weighted by Crippen LogP contribution is -2.55. The lowest BCUT2D eigenvalue weighted by molar-refractivity contribution is -0.143. The fourth-order valence-electron chi connectivity index (χ4n) is 22.3. The molecule has 6 aromatic carbocycles. The fraction of sp³-hybridized carbons (Fsp3) is 0.500. The molecule has 13 rings (SSSR count). The Morgan fingerprint density at radius 1 is 0.393 bits per heavy atom. The normalized spacial score (nSPS) is 22.8. The van der Waals surface area contributed by atoms with Gasteiger partial charge < -0.3 is 46.8 Å². The molecular formula is C106H131F6N9O14. The van der Waals surface area contributed by atoms with Crippen molar-refractivity contribution >= 4 is 64.7 Å². The summed E-state index contributed by atoms with van der Waals surface area (Å²) in [5.41, 5.74) is 15.5. The number of nitrogens with one attached hydrogen (secondary N) is 1. The summed E-state index contributed by atoms with van der Waals surface area (Å²) >= 11 is 0. The quantitative estimate of drug-likeness (QED) is 0.0156. The van der Waals surface area contributed by atoms with E-state index in [4.69, 9.17) is 11.5 Å². The molecule has 16 atom stereocenters. The number of nitrogens with two attached hydrogens (primary N) is 2. The van der Waals surface area contributed by atoms with Crippen LogP contribution in [0.5, 0.6) is 0 Å². The molecule has 6 aromatic rings. The number of ketones is 2. The molecule has 4 fully saturated rings. The molecular weight excluding hydrogens is 1740 g/mol. The fourth-order valence-corrected chi connectivity index (χ4v) is 22.3. The minimum Gasteiger partial charge on any atom is -0.387 e. The second-order valence-electron chi connectivity index (χ2n) is 40.7. The van der Waals surface area contributed by atoms with Crippen LogP contribution in [0.1, 0.15) is 184 Å². The molecule has 9 amide bonds. The second kappa shape index (κ2) is 46.7. The number of benzene rings is 6. The van der Waals surface area contributed by atoms with Gasteiger partial charge in [-0.2, -0.15) is 0 Å². The van der Waals surface area contributed by atoms with Crippen LogP contribution in [0.4, 0.5) is 26.3 Å². The van der Waals surface area contributed by atoms with Crippen LogP contribution in [0, 0.1) is 98.5 Å². The van der Waals surface area contributed by atoms with Crippen LogP contribution in [0.25, 0.3) is 0 Å². The van der Waals surface area contributed by atoms with Gasteiger partial charge in [-0.25, -0.2) is 26.3 Å². The Kier molecular flexibility index (Phi) is 36.2. The number of carbonyl (C=O) groups is 11. The highest BCUT2D eigenvalue weighted by atomic mass is 19.1. The van der Waals surface area contributed by atoms with Crippen molar-refractivity contribution in [2.24, 2.45) is 75.1 Å². The highest BCUT2D eigenvalue weighted by Gasteiger charge is 2.52. The third-order valence-electron chi connectivity index (χ3n) is 28.3. The zero-order chi connectivity index (χ0) is 98.1. The number of halogens is 6. The van der Waals surface area contributed by atoms with Gasteiger partial charge in [-0.3, -0.25) is 67.4 Å². The first-order valence-electron chi connectivity index (χ1n) is 47.1. The third kappa shape index (κ3) is 27.1. The number of aliphatic hydroxyl groups excluding tert-OH is 3.